The molecule has 1 fully saturated rings. The Hall–Kier alpha value is -3.01. The molecule has 0 aromatic carbocycles. The van der Waals surface area contributed by atoms with Crippen molar-refractivity contribution in [3.63, 3.8) is 0 Å². The molecule has 2 rings (SSSR count). The summed E-state index contributed by atoms with van der Waals surface area (Å²) < 4.78 is 5.25. The highest BCUT2D eigenvalue weighted by molar-refractivity contribution is 6.02. The number of aliphatic carboxylic acids is 1. The lowest BCUT2D eigenvalue weighted by molar-refractivity contribution is -0.147. The molecule has 0 saturated carbocycles. The van der Waals surface area contributed by atoms with Crippen LogP contribution in [0, 0.1) is 5.41 Å². The van der Waals surface area contributed by atoms with Crippen molar-refractivity contribution >= 4 is 29.8 Å². The SMILES string of the molecule is C[C@@H](C(=O)N1CCC(OCC(=O)O)CC1)N(C=N)C(=O)c1ccc(N)cn1. The Kier molecular flexibility index (Phi) is 6.83. The van der Waals surface area contributed by atoms with Crippen LogP contribution in [0.4, 0.5) is 5.69 Å². The Morgan fingerprint density at radius 3 is 2.63 bits per heavy atom. The molecule has 10 nitrogen and oxygen atoms in total. The van der Waals surface area contributed by atoms with Crippen LogP contribution < -0.4 is 5.73 Å². The second-order valence-corrected chi connectivity index (χ2v) is 6.22. The molecule has 2 heterocycles. The topological polar surface area (TPSA) is 150 Å². The quantitative estimate of drug-likeness (QED) is 0.453. The van der Waals surface area contributed by atoms with Crippen molar-refractivity contribution in [3.05, 3.63) is 24.0 Å². The van der Waals surface area contributed by atoms with E-state index in [-0.39, 0.29) is 24.3 Å². The van der Waals surface area contributed by atoms with Crippen LogP contribution in [0.3, 0.4) is 0 Å². The van der Waals surface area contributed by atoms with Gasteiger partial charge in [0, 0.05) is 13.1 Å². The molecule has 0 unspecified atom stereocenters. The van der Waals surface area contributed by atoms with Gasteiger partial charge in [0.1, 0.15) is 18.3 Å². The number of rotatable bonds is 7. The lowest BCUT2D eigenvalue weighted by Crippen LogP contribution is -2.51. The van der Waals surface area contributed by atoms with E-state index in [9.17, 15) is 14.4 Å². The van der Waals surface area contributed by atoms with Gasteiger partial charge in [-0.05, 0) is 31.9 Å². The summed E-state index contributed by atoms with van der Waals surface area (Å²) in [5.74, 6) is -1.89. The molecule has 2 amide bonds. The second-order valence-electron chi connectivity index (χ2n) is 6.22. The molecular formula is C17H23N5O5. The highest BCUT2D eigenvalue weighted by atomic mass is 16.5. The second kappa shape index (κ2) is 9.08. The average Bonchev–Trinajstić information content (AvgIpc) is 2.67. The molecule has 1 aromatic rings. The number of aromatic nitrogens is 1. The predicted molar refractivity (Wildman–Crippen MR) is 96.3 cm³/mol. The number of nitrogens with one attached hydrogen (secondary N) is 1. The van der Waals surface area contributed by atoms with Crippen molar-refractivity contribution in [2.75, 3.05) is 25.4 Å². The Bertz CT molecular complexity index is 700. The van der Waals surface area contributed by atoms with E-state index in [2.05, 4.69) is 4.98 Å². The van der Waals surface area contributed by atoms with E-state index in [1.807, 2.05) is 0 Å². The zero-order valence-electron chi connectivity index (χ0n) is 15.0. The first kappa shape index (κ1) is 20.3. The zero-order chi connectivity index (χ0) is 20.0. The minimum atomic E-state index is -1.03. The number of hydrogen-bond acceptors (Lipinski definition) is 7. The first-order valence-corrected chi connectivity index (χ1v) is 8.50. The zero-order valence-corrected chi connectivity index (χ0v) is 15.0. The molecule has 0 radical (unpaired) electrons. The van der Waals surface area contributed by atoms with Crippen molar-refractivity contribution in [1.82, 2.24) is 14.8 Å². The van der Waals surface area contributed by atoms with E-state index in [0.29, 0.717) is 31.6 Å². The van der Waals surface area contributed by atoms with Crippen LogP contribution in [0.2, 0.25) is 0 Å². The van der Waals surface area contributed by atoms with E-state index < -0.39 is 17.9 Å². The summed E-state index contributed by atoms with van der Waals surface area (Å²) in [5, 5.41) is 16.2. The number of nitrogen functional groups attached to an aromatic ring is 1. The normalized spacial score (nSPS) is 15.8. The fourth-order valence-electron chi connectivity index (χ4n) is 2.83. The summed E-state index contributed by atoms with van der Waals surface area (Å²) in [6, 6.07) is 2.10. The first-order valence-electron chi connectivity index (χ1n) is 8.50. The predicted octanol–water partition coefficient (Wildman–Crippen LogP) is 0.194. The number of likely N-dealkylation sites (tertiary alicyclic amines) is 1. The molecule has 0 bridgehead atoms. The van der Waals surface area contributed by atoms with Crippen molar-refractivity contribution in [2.24, 2.45) is 0 Å². The molecule has 4 N–H and O–H groups in total. The Labute approximate surface area is 156 Å². The van der Waals surface area contributed by atoms with Gasteiger partial charge in [-0.3, -0.25) is 19.9 Å². The molecule has 1 aromatic heterocycles. The molecule has 1 aliphatic heterocycles. The Morgan fingerprint density at radius 2 is 2.11 bits per heavy atom. The number of piperidine rings is 1. The number of carbonyl (C=O) groups is 3. The maximum absolute atomic E-state index is 12.7. The van der Waals surface area contributed by atoms with Crippen molar-refractivity contribution in [3.8, 4) is 0 Å². The van der Waals surface area contributed by atoms with Crippen LogP contribution in [0.25, 0.3) is 0 Å². The summed E-state index contributed by atoms with van der Waals surface area (Å²) in [6.07, 6.45) is 2.98. The van der Waals surface area contributed by atoms with Crippen LogP contribution in [-0.4, -0.2) is 75.9 Å². The van der Waals surface area contributed by atoms with Gasteiger partial charge in [-0.15, -0.1) is 0 Å². The average molecular weight is 377 g/mol. The standard InChI is InChI=1S/C17H23N5O5/c1-11(22(10-18)17(26)14-3-2-12(19)8-20-14)16(25)21-6-4-13(5-7-21)27-9-15(23)24/h2-3,8,10-11,13,18H,4-7,9,19H2,1H3,(H,23,24)/t11-/m0/s1. The van der Waals surface area contributed by atoms with Gasteiger partial charge in [0.15, 0.2) is 0 Å². The van der Waals surface area contributed by atoms with Gasteiger partial charge in [-0.2, -0.15) is 0 Å². The molecule has 27 heavy (non-hydrogen) atoms. The summed E-state index contributed by atoms with van der Waals surface area (Å²) >= 11 is 0. The molecule has 146 valence electrons. The van der Waals surface area contributed by atoms with Crippen molar-refractivity contribution < 1.29 is 24.2 Å². The number of amides is 2. The highest BCUT2D eigenvalue weighted by Gasteiger charge is 2.32. The van der Waals surface area contributed by atoms with E-state index in [1.165, 1.54) is 18.3 Å². The van der Waals surface area contributed by atoms with Crippen molar-refractivity contribution in [2.45, 2.75) is 31.9 Å². The third-order valence-corrected chi connectivity index (χ3v) is 4.35. The maximum Gasteiger partial charge on any atom is 0.329 e. The molecule has 1 aliphatic rings. The van der Waals surface area contributed by atoms with Gasteiger partial charge in [0.2, 0.25) is 5.91 Å². The number of hydrogen-bond donors (Lipinski definition) is 3. The van der Waals surface area contributed by atoms with E-state index in [4.69, 9.17) is 21.0 Å². The minimum absolute atomic E-state index is 0.0909. The molecule has 0 aliphatic carbocycles. The number of carboxylic acid groups (broad SMARTS) is 1. The number of carboxylic acids is 1. The molecule has 10 heteroatoms. The van der Waals surface area contributed by atoms with Crippen molar-refractivity contribution in [1.29, 1.82) is 5.41 Å². The lowest BCUT2D eigenvalue weighted by Gasteiger charge is -2.35. The Morgan fingerprint density at radius 1 is 1.44 bits per heavy atom. The lowest BCUT2D eigenvalue weighted by atomic mass is 10.1. The van der Waals surface area contributed by atoms with E-state index in [1.54, 1.807) is 11.8 Å². The van der Waals surface area contributed by atoms with Gasteiger partial charge in [-0.25, -0.2) is 9.78 Å². The fourth-order valence-corrected chi connectivity index (χ4v) is 2.83. The van der Waals surface area contributed by atoms with E-state index >= 15 is 0 Å². The largest absolute Gasteiger partial charge is 0.480 e. The smallest absolute Gasteiger partial charge is 0.329 e. The molecular weight excluding hydrogens is 354 g/mol. The molecule has 1 atom stereocenters. The van der Waals surface area contributed by atoms with Crippen LogP contribution in [0.5, 0.6) is 0 Å². The highest BCUT2D eigenvalue weighted by Crippen LogP contribution is 2.16. The number of anilines is 1. The number of nitrogens with two attached hydrogens (primary N) is 1. The molecule has 1 saturated heterocycles. The maximum atomic E-state index is 12.7. The van der Waals surface area contributed by atoms with Gasteiger partial charge in [-0.1, -0.05) is 0 Å². The number of nitrogens with zero attached hydrogens (tertiary/aromatic N) is 3. The molecule has 0 spiro atoms. The third-order valence-electron chi connectivity index (χ3n) is 4.35. The Balaban J connectivity index is 1.96. The minimum Gasteiger partial charge on any atom is -0.480 e. The number of ether oxygens (including phenoxy) is 1. The monoisotopic (exact) mass is 377 g/mol. The van der Waals surface area contributed by atoms with Gasteiger partial charge in [0.25, 0.3) is 5.91 Å². The van der Waals surface area contributed by atoms with E-state index in [0.717, 1.165) is 11.2 Å². The van der Waals surface area contributed by atoms with Crippen LogP contribution in [-0.2, 0) is 14.3 Å². The first-order chi connectivity index (χ1) is 12.8. The van der Waals surface area contributed by atoms with Crippen LogP contribution in [0.1, 0.15) is 30.3 Å². The summed E-state index contributed by atoms with van der Waals surface area (Å²) in [6.45, 7) is 1.98. The van der Waals surface area contributed by atoms with Gasteiger partial charge < -0.3 is 20.5 Å². The summed E-state index contributed by atoms with van der Waals surface area (Å²) in [4.78, 5) is 42.4. The third kappa shape index (κ3) is 5.23. The van der Waals surface area contributed by atoms with Crippen LogP contribution in [0.15, 0.2) is 18.3 Å². The summed E-state index contributed by atoms with van der Waals surface area (Å²) in [7, 11) is 0. The van der Waals surface area contributed by atoms with Gasteiger partial charge in [0.05, 0.1) is 24.3 Å². The van der Waals surface area contributed by atoms with Gasteiger partial charge >= 0.3 is 5.97 Å². The summed E-state index contributed by atoms with van der Waals surface area (Å²) in [5.41, 5.74) is 6.05. The number of pyridine rings is 1. The van der Waals surface area contributed by atoms with Crippen LogP contribution >= 0.6 is 0 Å². The fraction of sp³-hybridized carbons (Fsp3) is 0.471. The number of carbonyl (C=O) groups excluding carboxylic acids is 2.